The second kappa shape index (κ2) is 8.26. The lowest BCUT2D eigenvalue weighted by Crippen LogP contribution is -2.39. The molecule has 2 amide bonds. The predicted molar refractivity (Wildman–Crippen MR) is 105 cm³/mol. The van der Waals surface area contributed by atoms with Gasteiger partial charge in [-0.25, -0.2) is 4.79 Å². The van der Waals surface area contributed by atoms with Crippen molar-refractivity contribution >= 4 is 6.03 Å². The number of carbonyl (C=O) groups is 1. The maximum atomic E-state index is 12.1. The number of nitrogens with one attached hydrogen (secondary N) is 2. The maximum absolute atomic E-state index is 12.1. The molecule has 0 radical (unpaired) electrons. The number of carbonyl (C=O) groups excluding carboxylic acids is 1. The number of urea groups is 1. The summed E-state index contributed by atoms with van der Waals surface area (Å²) in [5.41, 5.74) is 6.44. The normalized spacial score (nSPS) is 14.3. The van der Waals surface area contributed by atoms with Crippen LogP contribution < -0.4 is 15.4 Å². The Morgan fingerprint density at radius 1 is 1.04 bits per heavy atom. The minimum absolute atomic E-state index is 0.0381. The van der Waals surface area contributed by atoms with Crippen molar-refractivity contribution in [2.75, 3.05) is 6.73 Å². The van der Waals surface area contributed by atoms with Crippen LogP contribution in [0.3, 0.4) is 0 Å². The van der Waals surface area contributed by atoms with E-state index >= 15 is 0 Å². The lowest BCUT2D eigenvalue weighted by molar-refractivity contribution is 0.221. The third-order valence-corrected chi connectivity index (χ3v) is 5.17. The average molecular weight is 352 g/mol. The van der Waals surface area contributed by atoms with Gasteiger partial charge in [0.05, 0.1) is 6.04 Å². The van der Waals surface area contributed by atoms with Gasteiger partial charge in [0, 0.05) is 0 Å². The van der Waals surface area contributed by atoms with Gasteiger partial charge in [0.1, 0.15) is 5.75 Å². The summed E-state index contributed by atoms with van der Waals surface area (Å²) >= 11 is 0. The smallest absolute Gasteiger partial charge is 0.317 e. The topological polar surface area (TPSA) is 50.4 Å². The first-order valence-electron chi connectivity index (χ1n) is 9.39. The zero-order chi connectivity index (χ0) is 18.5. The van der Waals surface area contributed by atoms with Gasteiger partial charge < -0.3 is 15.4 Å². The van der Waals surface area contributed by atoms with Crippen LogP contribution in [0.1, 0.15) is 53.6 Å². The molecule has 0 heterocycles. The monoisotopic (exact) mass is 352 g/mol. The van der Waals surface area contributed by atoms with E-state index in [-0.39, 0.29) is 18.8 Å². The molecule has 26 heavy (non-hydrogen) atoms. The molecule has 138 valence electrons. The quantitative estimate of drug-likeness (QED) is 0.774. The summed E-state index contributed by atoms with van der Waals surface area (Å²) in [5, 5.41) is 5.74. The average Bonchev–Trinajstić information content (AvgIpc) is 2.64. The molecule has 0 fully saturated rings. The second-order valence-corrected chi connectivity index (χ2v) is 7.14. The van der Waals surface area contributed by atoms with Gasteiger partial charge in [0.25, 0.3) is 0 Å². The van der Waals surface area contributed by atoms with Crippen molar-refractivity contribution in [1.29, 1.82) is 0 Å². The van der Waals surface area contributed by atoms with Crippen LogP contribution >= 0.6 is 0 Å². The van der Waals surface area contributed by atoms with Crippen molar-refractivity contribution in [1.82, 2.24) is 10.6 Å². The Labute approximate surface area is 156 Å². The maximum Gasteiger partial charge on any atom is 0.317 e. The second-order valence-electron chi connectivity index (χ2n) is 7.14. The molecule has 0 aliphatic heterocycles. The van der Waals surface area contributed by atoms with Gasteiger partial charge in [-0.3, -0.25) is 0 Å². The molecular weight excluding hydrogens is 324 g/mol. The minimum Gasteiger partial charge on any atom is -0.473 e. The lowest BCUT2D eigenvalue weighted by Gasteiger charge is -2.20. The fraction of sp³-hybridized carbons (Fsp3) is 0.409. The van der Waals surface area contributed by atoms with Crippen molar-refractivity contribution in [2.45, 2.75) is 52.5 Å². The van der Waals surface area contributed by atoms with Gasteiger partial charge in [-0.05, 0) is 86.4 Å². The van der Waals surface area contributed by atoms with Crippen LogP contribution in [0.2, 0.25) is 0 Å². The Balaban J connectivity index is 1.49. The zero-order valence-electron chi connectivity index (χ0n) is 15.9. The summed E-state index contributed by atoms with van der Waals surface area (Å²) < 4.78 is 5.60. The molecular formula is C22H28N2O2. The molecule has 4 heteroatoms. The van der Waals surface area contributed by atoms with E-state index in [0.717, 1.165) is 17.7 Å². The third kappa shape index (κ3) is 4.57. The van der Waals surface area contributed by atoms with Gasteiger partial charge in [0.15, 0.2) is 6.73 Å². The molecule has 4 nitrogen and oxygen atoms in total. The number of amides is 2. The predicted octanol–water partition coefficient (Wildman–Crippen LogP) is 4.58. The van der Waals surface area contributed by atoms with E-state index in [0.29, 0.717) is 0 Å². The molecule has 0 bridgehead atoms. The molecule has 2 aromatic carbocycles. The summed E-state index contributed by atoms with van der Waals surface area (Å²) in [7, 11) is 0. The van der Waals surface area contributed by atoms with Crippen LogP contribution in [0, 0.1) is 13.8 Å². The number of ether oxygens (including phenoxy) is 1. The van der Waals surface area contributed by atoms with Crippen molar-refractivity contribution < 1.29 is 9.53 Å². The Kier molecular flexibility index (Phi) is 5.82. The number of hydrogen-bond acceptors (Lipinski definition) is 2. The van der Waals surface area contributed by atoms with E-state index in [4.69, 9.17) is 4.74 Å². The van der Waals surface area contributed by atoms with Crippen molar-refractivity contribution in [2.24, 2.45) is 0 Å². The highest BCUT2D eigenvalue weighted by Gasteiger charge is 2.14. The summed E-state index contributed by atoms with van der Waals surface area (Å²) in [6.45, 7) is 6.26. The Morgan fingerprint density at radius 3 is 2.58 bits per heavy atom. The summed E-state index contributed by atoms with van der Waals surface area (Å²) in [6.07, 6.45) is 4.86. The molecule has 1 aliphatic carbocycles. The number of rotatable bonds is 5. The fourth-order valence-electron chi connectivity index (χ4n) is 3.34. The van der Waals surface area contributed by atoms with Crippen molar-refractivity contribution in [3.05, 3.63) is 64.2 Å². The highest BCUT2D eigenvalue weighted by atomic mass is 16.5. The van der Waals surface area contributed by atoms with Gasteiger partial charge in [-0.2, -0.15) is 0 Å². The molecule has 0 spiro atoms. The molecule has 2 N–H and O–H groups in total. The molecule has 3 rings (SSSR count). The Hall–Kier alpha value is -2.49. The van der Waals surface area contributed by atoms with E-state index in [1.54, 1.807) is 0 Å². The molecule has 0 saturated carbocycles. The SMILES string of the molecule is Cc1ccc(OCNC(=O)NC(C)c2ccc3c(c2)CCCC3)cc1C. The first kappa shape index (κ1) is 18.3. The van der Waals surface area contributed by atoms with Gasteiger partial charge >= 0.3 is 6.03 Å². The molecule has 1 aliphatic rings. The molecule has 1 atom stereocenters. The van der Waals surface area contributed by atoms with Crippen LogP contribution in [0.4, 0.5) is 4.79 Å². The fourth-order valence-corrected chi connectivity index (χ4v) is 3.34. The first-order chi connectivity index (χ1) is 12.5. The Bertz CT molecular complexity index is 786. The van der Waals surface area contributed by atoms with E-state index in [2.05, 4.69) is 35.8 Å². The lowest BCUT2D eigenvalue weighted by atomic mass is 9.89. The summed E-state index contributed by atoms with van der Waals surface area (Å²) in [5.74, 6) is 0.760. The molecule has 0 saturated heterocycles. The van der Waals surface area contributed by atoms with Gasteiger partial charge in [-0.1, -0.05) is 24.3 Å². The van der Waals surface area contributed by atoms with E-state index in [1.807, 2.05) is 32.0 Å². The van der Waals surface area contributed by atoms with Crippen LogP contribution in [0.15, 0.2) is 36.4 Å². The van der Waals surface area contributed by atoms with E-state index in [9.17, 15) is 4.79 Å². The number of benzene rings is 2. The van der Waals surface area contributed by atoms with Crippen LogP contribution in [0.5, 0.6) is 5.75 Å². The molecule has 1 unspecified atom stereocenters. The Morgan fingerprint density at radius 2 is 1.81 bits per heavy atom. The zero-order valence-corrected chi connectivity index (χ0v) is 15.9. The van der Waals surface area contributed by atoms with Crippen LogP contribution in [0.25, 0.3) is 0 Å². The van der Waals surface area contributed by atoms with E-state index in [1.165, 1.54) is 41.5 Å². The third-order valence-electron chi connectivity index (χ3n) is 5.17. The summed E-state index contributed by atoms with van der Waals surface area (Å²) in [4.78, 5) is 12.1. The highest BCUT2D eigenvalue weighted by molar-refractivity contribution is 5.74. The van der Waals surface area contributed by atoms with Crippen molar-refractivity contribution in [3.63, 3.8) is 0 Å². The van der Waals surface area contributed by atoms with Crippen molar-refractivity contribution in [3.8, 4) is 5.75 Å². The first-order valence-corrected chi connectivity index (χ1v) is 9.39. The van der Waals surface area contributed by atoms with Gasteiger partial charge in [-0.15, -0.1) is 0 Å². The van der Waals surface area contributed by atoms with Gasteiger partial charge in [0.2, 0.25) is 0 Å². The number of fused-ring (bicyclic) bond motifs is 1. The number of hydrogen-bond donors (Lipinski definition) is 2. The largest absolute Gasteiger partial charge is 0.473 e. The van der Waals surface area contributed by atoms with Crippen LogP contribution in [-0.2, 0) is 12.8 Å². The molecule has 2 aromatic rings. The minimum atomic E-state index is -0.223. The van der Waals surface area contributed by atoms with Crippen LogP contribution in [-0.4, -0.2) is 12.8 Å². The summed E-state index contributed by atoms with van der Waals surface area (Å²) in [6, 6.07) is 12.2. The number of aryl methyl sites for hydroxylation is 4. The molecule has 0 aromatic heterocycles. The van der Waals surface area contributed by atoms with E-state index < -0.39 is 0 Å². The standard InChI is InChI=1S/C22H28N2O2/c1-15-8-11-21(12-16(15)2)26-14-23-22(25)24-17(3)19-10-9-18-6-4-5-7-20(18)13-19/h8-13,17H,4-7,14H2,1-3H3,(H2,23,24,25). The highest BCUT2D eigenvalue weighted by Crippen LogP contribution is 2.24.